The van der Waals surface area contributed by atoms with Gasteiger partial charge in [0.25, 0.3) is 0 Å². The van der Waals surface area contributed by atoms with Crippen LogP contribution in [0.1, 0.15) is 40.5 Å². The van der Waals surface area contributed by atoms with E-state index < -0.39 is 5.60 Å². The number of nitrogens with one attached hydrogen (secondary N) is 2. The van der Waals surface area contributed by atoms with E-state index >= 15 is 0 Å². The standard InChI is InChI=1S/C12H24N2O2/c1-9(7-10-5-6-13-8-10)14-11(15)16-12(2,3)4/h9-10,13H,5-8H2,1-4H3,(H,14,15). The molecule has 1 aliphatic rings. The van der Waals surface area contributed by atoms with Crippen LogP contribution >= 0.6 is 0 Å². The first-order valence-corrected chi connectivity index (χ1v) is 6.07. The van der Waals surface area contributed by atoms with E-state index in [-0.39, 0.29) is 12.1 Å². The molecule has 2 unspecified atom stereocenters. The smallest absolute Gasteiger partial charge is 0.407 e. The van der Waals surface area contributed by atoms with Crippen LogP contribution in [0.2, 0.25) is 0 Å². The number of amides is 1. The molecule has 2 N–H and O–H groups in total. The Morgan fingerprint density at radius 3 is 2.75 bits per heavy atom. The summed E-state index contributed by atoms with van der Waals surface area (Å²) < 4.78 is 5.21. The van der Waals surface area contributed by atoms with Gasteiger partial charge in [0.15, 0.2) is 0 Å². The Balaban J connectivity index is 2.22. The largest absolute Gasteiger partial charge is 0.444 e. The summed E-state index contributed by atoms with van der Waals surface area (Å²) in [5.41, 5.74) is -0.418. The second-order valence-corrected chi connectivity index (χ2v) is 5.64. The predicted octanol–water partition coefficient (Wildman–Crippen LogP) is 1.90. The van der Waals surface area contributed by atoms with Gasteiger partial charge in [-0.25, -0.2) is 4.79 Å². The summed E-state index contributed by atoms with van der Waals surface area (Å²) in [6, 6.07) is 0.180. The van der Waals surface area contributed by atoms with Crippen LogP contribution in [0.25, 0.3) is 0 Å². The van der Waals surface area contributed by atoms with E-state index in [9.17, 15) is 4.79 Å². The van der Waals surface area contributed by atoms with E-state index in [0.29, 0.717) is 5.92 Å². The van der Waals surface area contributed by atoms with Crippen LogP contribution in [0, 0.1) is 5.92 Å². The van der Waals surface area contributed by atoms with Crippen LogP contribution in [-0.2, 0) is 4.74 Å². The van der Waals surface area contributed by atoms with Crippen molar-refractivity contribution in [3.63, 3.8) is 0 Å². The van der Waals surface area contributed by atoms with E-state index in [1.165, 1.54) is 6.42 Å². The maximum Gasteiger partial charge on any atom is 0.407 e. The van der Waals surface area contributed by atoms with Crippen LogP contribution in [0.3, 0.4) is 0 Å². The second-order valence-electron chi connectivity index (χ2n) is 5.64. The van der Waals surface area contributed by atoms with Gasteiger partial charge >= 0.3 is 6.09 Å². The number of ether oxygens (including phenoxy) is 1. The van der Waals surface area contributed by atoms with Crippen molar-refractivity contribution in [2.24, 2.45) is 5.92 Å². The highest BCUT2D eigenvalue weighted by Gasteiger charge is 2.21. The van der Waals surface area contributed by atoms with E-state index in [1.807, 2.05) is 27.7 Å². The molecule has 0 saturated carbocycles. The number of hydrogen-bond donors (Lipinski definition) is 2. The zero-order valence-electron chi connectivity index (χ0n) is 10.8. The predicted molar refractivity (Wildman–Crippen MR) is 64.4 cm³/mol. The lowest BCUT2D eigenvalue weighted by molar-refractivity contribution is 0.0503. The topological polar surface area (TPSA) is 50.4 Å². The van der Waals surface area contributed by atoms with E-state index in [4.69, 9.17) is 4.74 Å². The molecule has 0 bridgehead atoms. The quantitative estimate of drug-likeness (QED) is 0.775. The molecule has 0 aromatic rings. The molecule has 1 rings (SSSR count). The Morgan fingerprint density at radius 2 is 2.25 bits per heavy atom. The van der Waals surface area contributed by atoms with Crippen LogP contribution < -0.4 is 10.6 Å². The summed E-state index contributed by atoms with van der Waals surface area (Å²) in [5.74, 6) is 0.685. The molecule has 0 aliphatic carbocycles. The molecule has 0 aromatic heterocycles. The van der Waals surface area contributed by atoms with Gasteiger partial charge in [0.05, 0.1) is 0 Å². The van der Waals surface area contributed by atoms with Gasteiger partial charge in [-0.15, -0.1) is 0 Å². The molecule has 0 aromatic carbocycles. The summed E-state index contributed by atoms with van der Waals surface area (Å²) >= 11 is 0. The van der Waals surface area contributed by atoms with Crippen LogP contribution in [-0.4, -0.2) is 30.8 Å². The van der Waals surface area contributed by atoms with Crippen molar-refractivity contribution in [3.05, 3.63) is 0 Å². The molecule has 1 saturated heterocycles. The monoisotopic (exact) mass is 228 g/mol. The number of alkyl carbamates (subject to hydrolysis) is 1. The number of rotatable bonds is 3. The number of hydrogen-bond acceptors (Lipinski definition) is 3. The van der Waals surface area contributed by atoms with Crippen LogP contribution in [0.5, 0.6) is 0 Å². The minimum absolute atomic E-state index is 0.180. The molecule has 0 spiro atoms. The lowest BCUT2D eigenvalue weighted by atomic mass is 10.0. The van der Waals surface area contributed by atoms with Crippen molar-refractivity contribution < 1.29 is 9.53 Å². The summed E-state index contributed by atoms with van der Waals surface area (Å²) in [7, 11) is 0. The third-order valence-corrected chi connectivity index (χ3v) is 2.61. The highest BCUT2D eigenvalue weighted by molar-refractivity contribution is 5.67. The van der Waals surface area contributed by atoms with Crippen molar-refractivity contribution in [2.45, 2.75) is 52.2 Å². The molecule has 1 aliphatic heterocycles. The van der Waals surface area contributed by atoms with Gasteiger partial charge in [-0.1, -0.05) is 0 Å². The molecule has 1 heterocycles. The fourth-order valence-electron chi connectivity index (χ4n) is 1.98. The molecule has 1 amide bonds. The van der Waals surface area contributed by atoms with E-state index in [1.54, 1.807) is 0 Å². The first-order valence-electron chi connectivity index (χ1n) is 6.07. The molecular formula is C12H24N2O2. The lowest BCUT2D eigenvalue weighted by Gasteiger charge is -2.23. The normalized spacial score (nSPS) is 22.9. The van der Waals surface area contributed by atoms with Gasteiger partial charge in [-0.2, -0.15) is 0 Å². The zero-order valence-corrected chi connectivity index (χ0v) is 10.8. The summed E-state index contributed by atoms with van der Waals surface area (Å²) in [5, 5.41) is 6.20. The summed E-state index contributed by atoms with van der Waals surface area (Å²) in [4.78, 5) is 11.5. The van der Waals surface area contributed by atoms with Crippen molar-refractivity contribution in [1.82, 2.24) is 10.6 Å². The lowest BCUT2D eigenvalue weighted by Crippen LogP contribution is -2.38. The Kier molecular flexibility index (Phi) is 4.59. The Morgan fingerprint density at radius 1 is 1.56 bits per heavy atom. The minimum atomic E-state index is -0.418. The third kappa shape index (κ3) is 5.35. The fraction of sp³-hybridized carbons (Fsp3) is 0.917. The van der Waals surface area contributed by atoms with Gasteiger partial charge in [0, 0.05) is 6.04 Å². The summed E-state index contributed by atoms with van der Waals surface area (Å²) in [6.45, 7) is 9.82. The summed E-state index contributed by atoms with van der Waals surface area (Å²) in [6.07, 6.45) is 1.91. The molecule has 0 radical (unpaired) electrons. The van der Waals surface area contributed by atoms with Gasteiger partial charge in [-0.05, 0) is 59.5 Å². The fourth-order valence-corrected chi connectivity index (χ4v) is 1.98. The molecule has 1 fully saturated rings. The van der Waals surface area contributed by atoms with Crippen molar-refractivity contribution in [3.8, 4) is 0 Å². The maximum atomic E-state index is 11.5. The molecule has 94 valence electrons. The Bertz CT molecular complexity index is 230. The van der Waals surface area contributed by atoms with Gasteiger partial charge in [0.1, 0.15) is 5.60 Å². The Labute approximate surface area is 98.1 Å². The van der Waals surface area contributed by atoms with Crippen LogP contribution in [0.15, 0.2) is 0 Å². The maximum absolute atomic E-state index is 11.5. The van der Waals surface area contributed by atoms with E-state index in [0.717, 1.165) is 19.5 Å². The molecule has 16 heavy (non-hydrogen) atoms. The molecule has 4 heteroatoms. The third-order valence-electron chi connectivity index (χ3n) is 2.61. The van der Waals surface area contributed by atoms with Crippen molar-refractivity contribution in [1.29, 1.82) is 0 Å². The molecule has 2 atom stereocenters. The van der Waals surface area contributed by atoms with Crippen molar-refractivity contribution >= 4 is 6.09 Å². The van der Waals surface area contributed by atoms with Crippen LogP contribution in [0.4, 0.5) is 4.79 Å². The number of carbonyl (C=O) groups excluding carboxylic acids is 1. The first-order chi connectivity index (χ1) is 7.37. The highest BCUT2D eigenvalue weighted by atomic mass is 16.6. The van der Waals surface area contributed by atoms with Gasteiger partial charge in [-0.3, -0.25) is 0 Å². The Hall–Kier alpha value is -0.770. The molecular weight excluding hydrogens is 204 g/mol. The minimum Gasteiger partial charge on any atom is -0.444 e. The SMILES string of the molecule is CC(CC1CCNC1)NC(=O)OC(C)(C)C. The zero-order chi connectivity index (χ0) is 12.2. The molecule has 4 nitrogen and oxygen atoms in total. The second kappa shape index (κ2) is 5.53. The van der Waals surface area contributed by atoms with E-state index in [2.05, 4.69) is 10.6 Å². The average molecular weight is 228 g/mol. The van der Waals surface area contributed by atoms with Gasteiger partial charge in [0.2, 0.25) is 0 Å². The average Bonchev–Trinajstić information content (AvgIpc) is 2.51. The number of carbonyl (C=O) groups is 1. The first kappa shape index (κ1) is 13.3. The van der Waals surface area contributed by atoms with Gasteiger partial charge < -0.3 is 15.4 Å². The van der Waals surface area contributed by atoms with Crippen molar-refractivity contribution in [2.75, 3.05) is 13.1 Å². The highest BCUT2D eigenvalue weighted by Crippen LogP contribution is 2.14.